The van der Waals surface area contributed by atoms with Gasteiger partial charge in [0.15, 0.2) is 0 Å². The summed E-state index contributed by atoms with van der Waals surface area (Å²) in [6.45, 7) is 6.76. The second kappa shape index (κ2) is 7.28. The van der Waals surface area contributed by atoms with Gasteiger partial charge in [-0.3, -0.25) is 9.59 Å². The highest BCUT2D eigenvalue weighted by Crippen LogP contribution is 2.15. The van der Waals surface area contributed by atoms with Crippen molar-refractivity contribution in [3.05, 3.63) is 0 Å². The van der Waals surface area contributed by atoms with Gasteiger partial charge < -0.3 is 20.3 Å². The molecule has 0 aliphatic carbocycles. The first-order valence-electron chi connectivity index (χ1n) is 7.17. The molecule has 120 valence electrons. The number of amides is 3. The first-order chi connectivity index (χ1) is 9.69. The van der Waals surface area contributed by atoms with Crippen molar-refractivity contribution in [2.75, 3.05) is 26.7 Å². The Balaban J connectivity index is 2.11. The van der Waals surface area contributed by atoms with Gasteiger partial charge in [0.25, 0.3) is 0 Å². The van der Waals surface area contributed by atoms with Crippen molar-refractivity contribution in [3.63, 3.8) is 0 Å². The van der Waals surface area contributed by atoms with Crippen LogP contribution in [0.4, 0.5) is 4.79 Å². The fourth-order valence-corrected chi connectivity index (χ4v) is 1.99. The van der Waals surface area contributed by atoms with Gasteiger partial charge in [0, 0.05) is 33.1 Å². The van der Waals surface area contributed by atoms with E-state index in [-0.39, 0.29) is 24.2 Å². The number of hydrogen-bond donors (Lipinski definition) is 2. The molecule has 1 heterocycles. The smallest absolute Gasteiger partial charge is 0.407 e. The number of alkyl carbamates (subject to hydrolysis) is 1. The van der Waals surface area contributed by atoms with Crippen LogP contribution in [0.25, 0.3) is 0 Å². The lowest BCUT2D eigenvalue weighted by Crippen LogP contribution is -2.36. The highest BCUT2D eigenvalue weighted by atomic mass is 16.6. The maximum Gasteiger partial charge on any atom is 0.407 e. The van der Waals surface area contributed by atoms with E-state index in [4.69, 9.17) is 4.74 Å². The summed E-state index contributed by atoms with van der Waals surface area (Å²) in [5, 5.41) is 5.40. The summed E-state index contributed by atoms with van der Waals surface area (Å²) in [5.41, 5.74) is -0.515. The molecule has 0 aromatic rings. The zero-order chi connectivity index (χ0) is 16.0. The third-order valence-electron chi connectivity index (χ3n) is 3.03. The van der Waals surface area contributed by atoms with Gasteiger partial charge in [-0.15, -0.1) is 0 Å². The Morgan fingerprint density at radius 2 is 1.90 bits per heavy atom. The maximum atomic E-state index is 11.8. The zero-order valence-corrected chi connectivity index (χ0v) is 13.2. The number of carbonyl (C=O) groups excluding carboxylic acids is 3. The van der Waals surface area contributed by atoms with E-state index in [0.717, 1.165) is 0 Å². The lowest BCUT2D eigenvalue weighted by Gasteiger charge is -2.19. The Hall–Kier alpha value is -1.79. The molecule has 1 fully saturated rings. The molecule has 21 heavy (non-hydrogen) atoms. The topological polar surface area (TPSA) is 87.7 Å². The van der Waals surface area contributed by atoms with Gasteiger partial charge in [-0.25, -0.2) is 4.79 Å². The van der Waals surface area contributed by atoms with E-state index in [0.29, 0.717) is 26.1 Å². The van der Waals surface area contributed by atoms with E-state index in [1.807, 2.05) is 0 Å². The molecule has 0 aromatic heterocycles. The Kier molecular flexibility index (Phi) is 5.99. The molecule has 0 spiro atoms. The molecule has 2 N–H and O–H groups in total. The molecule has 0 radical (unpaired) electrons. The molecule has 7 heteroatoms. The molecule has 0 aromatic carbocycles. The average molecular weight is 299 g/mol. The molecule has 1 aliphatic rings. The minimum Gasteiger partial charge on any atom is -0.444 e. The van der Waals surface area contributed by atoms with Gasteiger partial charge in [-0.2, -0.15) is 0 Å². The van der Waals surface area contributed by atoms with Crippen LogP contribution < -0.4 is 10.6 Å². The van der Waals surface area contributed by atoms with Crippen LogP contribution in [-0.4, -0.2) is 55.1 Å². The molecule has 3 amide bonds. The summed E-state index contributed by atoms with van der Waals surface area (Å²) in [6.07, 6.45) is 0.428. The molecule has 1 rings (SSSR count). The predicted molar refractivity (Wildman–Crippen MR) is 77.6 cm³/mol. The van der Waals surface area contributed by atoms with Crippen molar-refractivity contribution < 1.29 is 19.1 Å². The summed E-state index contributed by atoms with van der Waals surface area (Å²) in [4.78, 5) is 36.1. The van der Waals surface area contributed by atoms with Crippen molar-refractivity contribution in [2.45, 2.75) is 39.2 Å². The minimum atomic E-state index is -0.515. The zero-order valence-electron chi connectivity index (χ0n) is 13.2. The van der Waals surface area contributed by atoms with E-state index in [1.165, 1.54) is 0 Å². The molecule has 1 atom stereocenters. The highest BCUT2D eigenvalue weighted by Gasteiger charge is 2.31. The van der Waals surface area contributed by atoms with Crippen molar-refractivity contribution in [3.8, 4) is 0 Å². The van der Waals surface area contributed by atoms with E-state index in [9.17, 15) is 14.4 Å². The van der Waals surface area contributed by atoms with Crippen LogP contribution in [0, 0.1) is 5.92 Å². The molecular weight excluding hydrogens is 274 g/mol. The van der Waals surface area contributed by atoms with Gasteiger partial charge >= 0.3 is 6.09 Å². The fourth-order valence-electron chi connectivity index (χ4n) is 1.99. The van der Waals surface area contributed by atoms with Crippen LogP contribution >= 0.6 is 0 Å². The van der Waals surface area contributed by atoms with Crippen LogP contribution in [0.3, 0.4) is 0 Å². The number of nitrogens with zero attached hydrogens (tertiary/aromatic N) is 1. The summed E-state index contributed by atoms with van der Waals surface area (Å²) >= 11 is 0. The number of ether oxygens (including phenoxy) is 1. The summed E-state index contributed by atoms with van der Waals surface area (Å²) in [7, 11) is 1.69. The Morgan fingerprint density at radius 3 is 2.43 bits per heavy atom. The Morgan fingerprint density at radius 1 is 1.29 bits per heavy atom. The normalized spacial score (nSPS) is 18.6. The van der Waals surface area contributed by atoms with Crippen LogP contribution in [0.15, 0.2) is 0 Å². The summed E-state index contributed by atoms with van der Waals surface area (Å²) in [5.74, 6) is -0.368. The molecule has 1 unspecified atom stereocenters. The lowest BCUT2D eigenvalue weighted by molar-refractivity contribution is -0.128. The number of hydrogen-bond acceptors (Lipinski definition) is 4. The van der Waals surface area contributed by atoms with E-state index in [2.05, 4.69) is 10.6 Å². The second-order valence-electron chi connectivity index (χ2n) is 6.25. The van der Waals surface area contributed by atoms with Crippen LogP contribution in [0.5, 0.6) is 0 Å². The Bertz CT molecular complexity index is 404. The number of nitrogens with one attached hydrogen (secondary N) is 2. The van der Waals surface area contributed by atoms with Gasteiger partial charge in [-0.1, -0.05) is 0 Å². The third kappa shape index (κ3) is 6.46. The van der Waals surface area contributed by atoms with E-state index >= 15 is 0 Å². The second-order valence-corrected chi connectivity index (χ2v) is 6.25. The van der Waals surface area contributed by atoms with Crippen molar-refractivity contribution in [2.24, 2.45) is 5.92 Å². The molecule has 7 nitrogen and oxygen atoms in total. The van der Waals surface area contributed by atoms with Crippen LogP contribution in [0.1, 0.15) is 33.6 Å². The first kappa shape index (κ1) is 17.3. The lowest BCUT2D eigenvalue weighted by atomic mass is 10.1. The first-order valence-corrected chi connectivity index (χ1v) is 7.17. The van der Waals surface area contributed by atoms with Gasteiger partial charge in [-0.05, 0) is 27.2 Å². The largest absolute Gasteiger partial charge is 0.444 e. The molecule has 0 saturated carbocycles. The van der Waals surface area contributed by atoms with E-state index < -0.39 is 11.7 Å². The molecule has 0 bridgehead atoms. The fraction of sp³-hybridized carbons (Fsp3) is 0.786. The van der Waals surface area contributed by atoms with Gasteiger partial charge in [0.1, 0.15) is 5.60 Å². The minimum absolute atomic E-state index is 0.00161. The number of rotatable bonds is 5. The average Bonchev–Trinajstić information content (AvgIpc) is 2.67. The van der Waals surface area contributed by atoms with Gasteiger partial charge in [0.05, 0.1) is 5.92 Å². The highest BCUT2D eigenvalue weighted by molar-refractivity contribution is 5.89. The SMILES string of the molecule is CN1CC(C(=O)NCCCNC(=O)OC(C)(C)C)CC1=O. The molecular formula is C14H25N3O4. The summed E-state index contributed by atoms with van der Waals surface area (Å²) in [6, 6.07) is 0. The van der Waals surface area contributed by atoms with Crippen LogP contribution in [0.2, 0.25) is 0 Å². The quantitative estimate of drug-likeness (QED) is 0.723. The van der Waals surface area contributed by atoms with Crippen molar-refractivity contribution in [1.82, 2.24) is 15.5 Å². The number of likely N-dealkylation sites (tertiary alicyclic amines) is 1. The van der Waals surface area contributed by atoms with Gasteiger partial charge in [0.2, 0.25) is 11.8 Å². The van der Waals surface area contributed by atoms with Crippen molar-refractivity contribution >= 4 is 17.9 Å². The molecule has 1 saturated heterocycles. The molecule has 1 aliphatic heterocycles. The third-order valence-corrected chi connectivity index (χ3v) is 3.03. The predicted octanol–water partition coefficient (Wildman–Crippen LogP) is 0.496. The maximum absolute atomic E-state index is 11.8. The van der Waals surface area contributed by atoms with Crippen molar-refractivity contribution in [1.29, 1.82) is 0 Å². The monoisotopic (exact) mass is 299 g/mol. The summed E-state index contributed by atoms with van der Waals surface area (Å²) < 4.78 is 5.09. The standard InChI is InChI=1S/C14H25N3O4/c1-14(2,3)21-13(20)16-7-5-6-15-12(19)10-8-11(18)17(4)9-10/h10H,5-9H2,1-4H3,(H,15,19)(H,16,20). The Labute approximate surface area is 125 Å². The van der Waals surface area contributed by atoms with Crippen LogP contribution in [-0.2, 0) is 14.3 Å². The van der Waals surface area contributed by atoms with E-state index in [1.54, 1.807) is 32.7 Å². The number of carbonyl (C=O) groups is 3.